The van der Waals surface area contributed by atoms with Gasteiger partial charge in [-0.2, -0.15) is 41.3 Å². The van der Waals surface area contributed by atoms with Crippen molar-refractivity contribution in [3.63, 3.8) is 0 Å². The van der Waals surface area contributed by atoms with Crippen LogP contribution in [0.2, 0.25) is 0 Å². The first kappa shape index (κ1) is 48.5. The molecule has 3 heterocycles. The summed E-state index contributed by atoms with van der Waals surface area (Å²) in [5, 5.41) is 2.31. The molecule has 0 N–H and O–H groups in total. The summed E-state index contributed by atoms with van der Waals surface area (Å²) in [6.07, 6.45) is 1.86. The van der Waals surface area contributed by atoms with Gasteiger partial charge in [0.15, 0.2) is 6.71 Å². The molecule has 9 aromatic carbocycles. The molecule has 0 fully saturated rings. The molecular formula is C68H56BN4Pt-3. The van der Waals surface area contributed by atoms with Crippen molar-refractivity contribution in [2.45, 2.75) is 52.4 Å². The smallest absolute Gasteiger partial charge is 0.191 e. The minimum atomic E-state index is -0.282. The molecule has 1 aliphatic heterocycles. The summed E-state index contributed by atoms with van der Waals surface area (Å²) in [6, 6.07) is 87.4. The molecule has 0 radical (unpaired) electrons. The third kappa shape index (κ3) is 8.67. The molecule has 0 saturated carbocycles. The Morgan fingerprint density at radius 1 is 0.473 bits per heavy atom. The first-order chi connectivity index (χ1) is 35.5. The van der Waals surface area contributed by atoms with E-state index in [-0.39, 0.29) is 38.6 Å². The average Bonchev–Trinajstić information content (AvgIpc) is 3.97. The minimum Gasteiger partial charge on any atom is -0.493 e. The fourth-order valence-electron chi connectivity index (χ4n) is 11.0. The Hall–Kier alpha value is -7.72. The van der Waals surface area contributed by atoms with Gasteiger partial charge in [-0.25, -0.2) is 4.98 Å². The SMILES string of the molecule is Cc1cc2c(cc1C)N(c1cc(C(C)(C)c3ccccc3)cc(C(C)(C)c3ccccc3)c1)[CH-]N2c1[c-]c(B(c2[c-]c3c(cc2)c2ccccc2n3-c2ccccn2)c2ccccc2)cc(-c2ccccc2)c1.[Pt]. The van der Waals surface area contributed by atoms with Crippen molar-refractivity contribution in [3.05, 3.63) is 277 Å². The van der Waals surface area contributed by atoms with Crippen LogP contribution in [0.5, 0.6) is 0 Å². The van der Waals surface area contributed by atoms with Crippen LogP contribution in [0.4, 0.5) is 22.7 Å². The molecule has 12 rings (SSSR count). The first-order valence-corrected chi connectivity index (χ1v) is 25.4. The van der Waals surface area contributed by atoms with Gasteiger partial charge >= 0.3 is 0 Å². The van der Waals surface area contributed by atoms with Gasteiger partial charge in [-0.05, 0) is 101 Å². The average molecular weight is 1140 g/mol. The van der Waals surface area contributed by atoms with Crippen LogP contribution in [0.25, 0.3) is 38.8 Å². The number of pyridine rings is 1. The van der Waals surface area contributed by atoms with Gasteiger partial charge in [0.2, 0.25) is 0 Å². The molecule has 0 spiro atoms. The Kier molecular flexibility index (Phi) is 12.9. The van der Waals surface area contributed by atoms with Crippen molar-refractivity contribution in [3.8, 4) is 16.9 Å². The molecule has 74 heavy (non-hydrogen) atoms. The number of hydrogen-bond donors (Lipinski definition) is 0. The summed E-state index contributed by atoms with van der Waals surface area (Å²) in [4.78, 5) is 9.63. The molecule has 0 bridgehead atoms. The van der Waals surface area contributed by atoms with Gasteiger partial charge in [-0.3, -0.25) is 0 Å². The maximum atomic E-state index is 4.86. The molecule has 11 aromatic rings. The fraction of sp³-hybridized carbons (Fsp3) is 0.118. The molecule has 4 nitrogen and oxygen atoms in total. The van der Waals surface area contributed by atoms with E-state index in [1.54, 1.807) is 0 Å². The Balaban J connectivity index is 0.00000588. The summed E-state index contributed by atoms with van der Waals surface area (Å²) in [7, 11) is 0. The van der Waals surface area contributed by atoms with Crippen molar-refractivity contribution in [1.82, 2.24) is 9.55 Å². The monoisotopic (exact) mass is 1130 g/mol. The summed E-state index contributed by atoms with van der Waals surface area (Å²) < 4.78 is 2.25. The van der Waals surface area contributed by atoms with Crippen LogP contribution in [-0.2, 0) is 31.9 Å². The van der Waals surface area contributed by atoms with Crippen molar-refractivity contribution < 1.29 is 21.1 Å². The second-order valence-electron chi connectivity index (χ2n) is 20.7. The largest absolute Gasteiger partial charge is 0.493 e. The van der Waals surface area contributed by atoms with Crippen molar-refractivity contribution in [2.75, 3.05) is 9.80 Å². The predicted molar refractivity (Wildman–Crippen MR) is 307 cm³/mol. The van der Waals surface area contributed by atoms with Gasteiger partial charge in [-0.1, -0.05) is 190 Å². The standard InChI is InChI=1S/C68H56BN4.Pt/c1-47-37-64-65(38-48(47)2)72(59-42-53(67(3,4)51-25-13-8-14-26-51)41-54(43-59)68(5,6)52-27-15-9-16-28-52)46-71(64)58-40-50(49-23-11-7-12-24-49)39-57(44-58)69(55-29-17-10-18-30-55)56-34-35-61-60-31-19-20-32-62(60)73(63(61)45-56)66-33-21-22-36-70-66;/h7-43,46H,1-6H3;/q-3;. The number of hydrogen-bond acceptors (Lipinski definition) is 3. The quantitative estimate of drug-likeness (QED) is 0.0953. The van der Waals surface area contributed by atoms with E-state index in [9.17, 15) is 0 Å². The number of para-hydroxylation sites is 1. The molecule has 2 aromatic heterocycles. The van der Waals surface area contributed by atoms with Crippen LogP contribution in [0, 0.1) is 32.6 Å². The second-order valence-corrected chi connectivity index (χ2v) is 20.7. The minimum absolute atomic E-state index is 0. The third-order valence-corrected chi connectivity index (χ3v) is 15.5. The second kappa shape index (κ2) is 19.6. The van der Waals surface area contributed by atoms with E-state index in [0.717, 1.165) is 72.5 Å². The van der Waals surface area contributed by atoms with Gasteiger partial charge in [0.25, 0.3) is 0 Å². The molecule has 0 amide bonds. The fourth-order valence-corrected chi connectivity index (χ4v) is 11.0. The maximum absolute atomic E-state index is 4.86. The van der Waals surface area contributed by atoms with Gasteiger partial charge in [0, 0.05) is 60.7 Å². The van der Waals surface area contributed by atoms with E-state index in [2.05, 4.69) is 287 Å². The third-order valence-electron chi connectivity index (χ3n) is 15.5. The molecule has 0 aliphatic carbocycles. The maximum Gasteiger partial charge on any atom is 0.191 e. The van der Waals surface area contributed by atoms with Crippen LogP contribution in [0.1, 0.15) is 61.1 Å². The van der Waals surface area contributed by atoms with Crippen LogP contribution in [0.3, 0.4) is 0 Å². The normalized spacial score (nSPS) is 12.5. The van der Waals surface area contributed by atoms with Gasteiger partial charge in [-0.15, -0.1) is 29.4 Å². The van der Waals surface area contributed by atoms with Crippen LogP contribution in [0.15, 0.2) is 225 Å². The number of benzene rings is 9. The van der Waals surface area contributed by atoms with E-state index < -0.39 is 0 Å². The zero-order valence-corrected chi connectivity index (χ0v) is 44.9. The molecule has 0 unspecified atom stereocenters. The topological polar surface area (TPSA) is 24.3 Å². The van der Waals surface area contributed by atoms with Crippen LogP contribution >= 0.6 is 0 Å². The van der Waals surface area contributed by atoms with E-state index in [4.69, 9.17) is 4.98 Å². The molecule has 0 saturated heterocycles. The van der Waals surface area contributed by atoms with Gasteiger partial charge in [0.1, 0.15) is 5.82 Å². The van der Waals surface area contributed by atoms with Crippen molar-refractivity contribution >= 4 is 67.7 Å². The summed E-state index contributed by atoms with van der Waals surface area (Å²) >= 11 is 0. The summed E-state index contributed by atoms with van der Waals surface area (Å²) in [5.41, 5.74) is 18.9. The van der Waals surface area contributed by atoms with Gasteiger partial charge in [0.05, 0.1) is 0 Å². The molecule has 1 aliphatic rings. The van der Waals surface area contributed by atoms with Crippen molar-refractivity contribution in [1.29, 1.82) is 0 Å². The van der Waals surface area contributed by atoms with Gasteiger partial charge < -0.3 is 14.4 Å². The summed E-state index contributed by atoms with van der Waals surface area (Å²) in [6.45, 7) is 15.9. The number of rotatable bonds is 11. The Morgan fingerprint density at radius 3 is 1.66 bits per heavy atom. The molecule has 364 valence electrons. The zero-order chi connectivity index (χ0) is 49.8. The van der Waals surface area contributed by atoms with Crippen molar-refractivity contribution in [2.24, 2.45) is 0 Å². The number of anilines is 4. The molecular weight excluding hydrogens is 1080 g/mol. The number of nitrogens with zero attached hydrogens (tertiary/aromatic N) is 4. The van der Waals surface area contributed by atoms with E-state index in [0.29, 0.717) is 0 Å². The Morgan fingerprint density at radius 2 is 1.04 bits per heavy atom. The first-order valence-electron chi connectivity index (χ1n) is 25.4. The Labute approximate surface area is 451 Å². The number of aryl methyl sites for hydroxylation is 2. The number of fused-ring (bicyclic) bond motifs is 4. The Bertz CT molecular complexity index is 3730. The van der Waals surface area contributed by atoms with Crippen LogP contribution in [-0.4, -0.2) is 16.3 Å². The van der Waals surface area contributed by atoms with E-state index >= 15 is 0 Å². The molecule has 0 atom stereocenters. The van der Waals surface area contributed by atoms with E-state index in [1.807, 2.05) is 12.3 Å². The number of aromatic nitrogens is 2. The summed E-state index contributed by atoms with van der Waals surface area (Å²) in [5.74, 6) is 0.863. The predicted octanol–water partition coefficient (Wildman–Crippen LogP) is 14.6. The van der Waals surface area contributed by atoms with Crippen LogP contribution < -0.4 is 26.2 Å². The molecule has 6 heteroatoms. The van der Waals surface area contributed by atoms with E-state index in [1.165, 1.54) is 38.8 Å². The zero-order valence-electron chi connectivity index (χ0n) is 42.6.